The highest BCUT2D eigenvalue weighted by Crippen LogP contribution is 2.32. The summed E-state index contributed by atoms with van der Waals surface area (Å²) in [6.45, 7) is 3.21. The Morgan fingerprint density at radius 3 is 2.77 bits per heavy atom. The Labute approximate surface area is 208 Å². The van der Waals surface area contributed by atoms with Gasteiger partial charge in [0.25, 0.3) is 17.0 Å². The fourth-order valence-corrected chi connectivity index (χ4v) is 5.65. The van der Waals surface area contributed by atoms with Crippen LogP contribution in [0.15, 0.2) is 11.2 Å². The number of carbonyl (C=O) groups is 1. The normalized spacial score (nSPS) is 21.7. The second kappa shape index (κ2) is 11.6. The molecule has 35 heavy (non-hydrogen) atoms. The molecule has 3 heterocycles. The lowest BCUT2D eigenvalue weighted by atomic mass is 9.81. The van der Waals surface area contributed by atoms with Crippen LogP contribution in [-0.2, 0) is 31.1 Å². The molecule has 0 N–H and O–H groups in total. The minimum Gasteiger partial charge on any atom is -0.464 e. The van der Waals surface area contributed by atoms with Gasteiger partial charge in [-0.15, -0.1) is 0 Å². The molecule has 4 rings (SSSR count). The molecule has 0 spiro atoms. The third-order valence-corrected chi connectivity index (χ3v) is 7.75. The number of hydrogen-bond donors (Lipinski definition) is 0. The summed E-state index contributed by atoms with van der Waals surface area (Å²) in [4.78, 5) is 25.8. The summed E-state index contributed by atoms with van der Waals surface area (Å²) in [7, 11) is 1.73. The van der Waals surface area contributed by atoms with E-state index in [4.69, 9.17) is 4.74 Å². The SMILES string of the molecule is Cn1ncc(CC(=O)N=CC2CCC(CCN3CCc4nc(OCC(C)(F)F)sc4CC3)CC2)n1. The summed E-state index contributed by atoms with van der Waals surface area (Å²) in [5, 5.41) is 8.46. The molecule has 0 atom stereocenters. The van der Waals surface area contributed by atoms with Gasteiger partial charge in [0, 0.05) is 44.6 Å². The van der Waals surface area contributed by atoms with Crippen LogP contribution in [0.5, 0.6) is 5.19 Å². The van der Waals surface area contributed by atoms with E-state index in [-0.39, 0.29) is 12.3 Å². The van der Waals surface area contributed by atoms with Crippen LogP contribution < -0.4 is 4.74 Å². The number of halogens is 2. The predicted molar refractivity (Wildman–Crippen MR) is 130 cm³/mol. The molecule has 0 aromatic carbocycles. The minimum atomic E-state index is -2.85. The summed E-state index contributed by atoms with van der Waals surface area (Å²) in [6, 6.07) is 0. The minimum absolute atomic E-state index is 0.168. The van der Waals surface area contributed by atoms with E-state index in [2.05, 4.69) is 25.1 Å². The molecule has 2 aromatic heterocycles. The third-order valence-electron chi connectivity index (χ3n) is 6.68. The van der Waals surface area contributed by atoms with Crippen molar-refractivity contribution in [3.8, 4) is 5.19 Å². The van der Waals surface area contributed by atoms with E-state index < -0.39 is 12.5 Å². The topological polar surface area (TPSA) is 85.5 Å². The molecule has 11 heteroatoms. The Hall–Kier alpha value is -2.27. The summed E-state index contributed by atoms with van der Waals surface area (Å²) in [6.07, 6.45) is 11.0. The van der Waals surface area contributed by atoms with E-state index in [1.807, 2.05) is 6.21 Å². The van der Waals surface area contributed by atoms with Gasteiger partial charge >= 0.3 is 0 Å². The third kappa shape index (κ3) is 8.13. The largest absolute Gasteiger partial charge is 0.464 e. The van der Waals surface area contributed by atoms with Gasteiger partial charge < -0.3 is 9.64 Å². The quantitative estimate of drug-likeness (QED) is 0.480. The van der Waals surface area contributed by atoms with Gasteiger partial charge in [0.2, 0.25) is 0 Å². The molecule has 1 fully saturated rings. The molecular formula is C24H34F2N6O2S. The maximum absolute atomic E-state index is 13.0. The van der Waals surface area contributed by atoms with Crippen molar-refractivity contribution >= 4 is 23.5 Å². The second-order valence-corrected chi connectivity index (χ2v) is 10.8. The number of carbonyl (C=O) groups excluding carboxylic acids is 1. The van der Waals surface area contributed by atoms with Crippen LogP contribution >= 0.6 is 11.3 Å². The second-order valence-electron chi connectivity index (χ2n) is 9.79. The Balaban J connectivity index is 1.13. The first kappa shape index (κ1) is 25.8. The van der Waals surface area contributed by atoms with Crippen LogP contribution in [0.4, 0.5) is 8.78 Å². The van der Waals surface area contributed by atoms with E-state index in [0.717, 1.165) is 62.8 Å². The molecule has 8 nitrogen and oxygen atoms in total. The maximum atomic E-state index is 13.0. The highest BCUT2D eigenvalue weighted by atomic mass is 32.1. The van der Waals surface area contributed by atoms with Crippen LogP contribution in [0, 0.1) is 11.8 Å². The van der Waals surface area contributed by atoms with E-state index in [9.17, 15) is 13.6 Å². The smallest absolute Gasteiger partial charge is 0.278 e. The molecule has 1 aliphatic carbocycles. The van der Waals surface area contributed by atoms with E-state index in [0.29, 0.717) is 22.7 Å². The average Bonchev–Trinajstić information content (AvgIpc) is 3.36. The molecule has 192 valence electrons. The predicted octanol–water partition coefficient (Wildman–Crippen LogP) is 3.74. The molecule has 1 aliphatic heterocycles. The Morgan fingerprint density at radius 2 is 2.06 bits per heavy atom. The number of amides is 1. The zero-order chi connectivity index (χ0) is 24.8. The fourth-order valence-electron chi connectivity index (χ4n) is 4.71. The highest BCUT2D eigenvalue weighted by molar-refractivity contribution is 7.13. The van der Waals surface area contributed by atoms with Gasteiger partial charge in [0.05, 0.1) is 24.0 Å². The maximum Gasteiger partial charge on any atom is 0.278 e. The van der Waals surface area contributed by atoms with Gasteiger partial charge in [0.1, 0.15) is 0 Å². The zero-order valence-corrected chi connectivity index (χ0v) is 21.3. The molecule has 1 amide bonds. The monoisotopic (exact) mass is 508 g/mol. The Kier molecular flexibility index (Phi) is 8.59. The van der Waals surface area contributed by atoms with Crippen molar-refractivity contribution in [2.45, 2.75) is 64.2 Å². The lowest BCUT2D eigenvalue weighted by Gasteiger charge is -2.28. The average molecular weight is 509 g/mol. The molecule has 2 aliphatic rings. The van der Waals surface area contributed by atoms with Crippen molar-refractivity contribution in [1.82, 2.24) is 24.9 Å². The van der Waals surface area contributed by atoms with Crippen molar-refractivity contribution < 1.29 is 18.3 Å². The van der Waals surface area contributed by atoms with Crippen LogP contribution in [-0.4, -0.2) is 69.2 Å². The van der Waals surface area contributed by atoms with Crippen LogP contribution in [0.2, 0.25) is 0 Å². The lowest BCUT2D eigenvalue weighted by Crippen LogP contribution is -2.29. The standard InChI is InChI=1S/C24H34F2N6O2S/c1-24(25,26)16-34-23-29-20-8-11-32(12-9-21(20)35-23)10-7-17-3-5-18(6-4-17)14-27-22(33)13-19-15-28-31(2)30-19/h14-15,17-18H,3-13,16H2,1-2H3. The number of aryl methyl sites for hydroxylation is 1. The molecule has 0 unspecified atom stereocenters. The number of ether oxygens (including phenoxy) is 1. The van der Waals surface area contributed by atoms with Crippen molar-refractivity contribution in [1.29, 1.82) is 0 Å². The molecule has 0 saturated heterocycles. The number of hydrogen-bond acceptors (Lipinski definition) is 7. The summed E-state index contributed by atoms with van der Waals surface area (Å²) < 4.78 is 31.3. The van der Waals surface area contributed by atoms with Crippen molar-refractivity contribution in [2.24, 2.45) is 23.9 Å². The molecule has 1 saturated carbocycles. The van der Waals surface area contributed by atoms with Gasteiger partial charge in [-0.3, -0.25) is 4.79 Å². The van der Waals surface area contributed by atoms with Crippen LogP contribution in [0.1, 0.15) is 55.3 Å². The van der Waals surface area contributed by atoms with E-state index in [1.54, 1.807) is 13.2 Å². The number of thiazole rings is 1. The number of rotatable bonds is 9. The molecular weight excluding hydrogens is 474 g/mol. The van der Waals surface area contributed by atoms with E-state index >= 15 is 0 Å². The summed E-state index contributed by atoms with van der Waals surface area (Å²) in [5.41, 5.74) is 1.65. The van der Waals surface area contributed by atoms with Crippen LogP contribution in [0.3, 0.4) is 0 Å². The number of alkyl halides is 2. The van der Waals surface area contributed by atoms with Crippen LogP contribution in [0.25, 0.3) is 0 Å². The van der Waals surface area contributed by atoms with Crippen molar-refractivity contribution in [2.75, 3.05) is 26.2 Å². The fraction of sp³-hybridized carbons (Fsp3) is 0.708. The first-order valence-corrected chi connectivity index (χ1v) is 13.2. The number of aliphatic imine (C=N–C) groups is 1. The molecule has 0 radical (unpaired) electrons. The summed E-state index contributed by atoms with van der Waals surface area (Å²) >= 11 is 1.41. The van der Waals surface area contributed by atoms with Crippen molar-refractivity contribution in [3.63, 3.8) is 0 Å². The molecule has 2 aromatic rings. The first-order chi connectivity index (χ1) is 16.7. The van der Waals surface area contributed by atoms with E-state index in [1.165, 1.54) is 35.4 Å². The van der Waals surface area contributed by atoms with Gasteiger partial charge in [0.15, 0.2) is 6.61 Å². The lowest BCUT2D eigenvalue weighted by molar-refractivity contribution is -0.117. The number of nitrogens with zero attached hydrogens (tertiary/aromatic N) is 6. The zero-order valence-electron chi connectivity index (χ0n) is 20.5. The van der Waals surface area contributed by atoms with Gasteiger partial charge in [-0.05, 0) is 56.9 Å². The number of aromatic nitrogens is 4. The Bertz CT molecular complexity index is 985. The highest BCUT2D eigenvalue weighted by Gasteiger charge is 2.25. The Morgan fingerprint density at radius 1 is 1.29 bits per heavy atom. The summed E-state index contributed by atoms with van der Waals surface area (Å²) in [5.74, 6) is -1.93. The van der Waals surface area contributed by atoms with Gasteiger partial charge in [-0.25, -0.2) is 18.8 Å². The first-order valence-electron chi connectivity index (χ1n) is 12.4. The van der Waals surface area contributed by atoms with Gasteiger partial charge in [-0.1, -0.05) is 11.3 Å². The van der Waals surface area contributed by atoms with Gasteiger partial charge in [-0.2, -0.15) is 15.0 Å². The van der Waals surface area contributed by atoms with Crippen molar-refractivity contribution in [3.05, 3.63) is 22.5 Å². The molecule has 0 bridgehead atoms. The number of fused-ring (bicyclic) bond motifs is 1.